The Balaban J connectivity index is 1.57. The summed E-state index contributed by atoms with van der Waals surface area (Å²) in [7, 11) is 1.64. The van der Waals surface area contributed by atoms with Crippen molar-refractivity contribution in [2.45, 2.75) is 6.61 Å². The van der Waals surface area contributed by atoms with E-state index in [0.717, 1.165) is 44.2 Å². The molecular formula is C21H15F2NO2S. The lowest BCUT2D eigenvalue weighted by atomic mass is 10.1. The minimum atomic E-state index is -0.726. The third-order valence-corrected chi connectivity index (χ3v) is 5.09. The molecule has 1 aromatic heterocycles. The Kier molecular flexibility index (Phi) is 4.73. The fourth-order valence-electron chi connectivity index (χ4n) is 2.75. The molecule has 0 atom stereocenters. The van der Waals surface area contributed by atoms with Crippen molar-refractivity contribution in [2.75, 3.05) is 7.11 Å². The van der Waals surface area contributed by atoms with Crippen molar-refractivity contribution < 1.29 is 18.3 Å². The molecule has 4 aromatic rings. The minimum absolute atomic E-state index is 0.00715. The first kappa shape index (κ1) is 17.4. The van der Waals surface area contributed by atoms with Crippen molar-refractivity contribution in [1.82, 2.24) is 4.98 Å². The molecule has 1 heterocycles. The van der Waals surface area contributed by atoms with Crippen LogP contribution in [0.15, 0.2) is 60.7 Å². The summed E-state index contributed by atoms with van der Waals surface area (Å²) in [6.07, 6.45) is 0. The predicted octanol–water partition coefficient (Wildman–Crippen LogP) is 5.83. The van der Waals surface area contributed by atoms with Crippen LogP contribution in [0.25, 0.3) is 21.3 Å². The van der Waals surface area contributed by atoms with Gasteiger partial charge in [-0.1, -0.05) is 18.2 Å². The van der Waals surface area contributed by atoms with Crippen LogP contribution in [0.2, 0.25) is 0 Å². The van der Waals surface area contributed by atoms with Gasteiger partial charge in [-0.05, 0) is 47.5 Å². The van der Waals surface area contributed by atoms with Gasteiger partial charge in [0.2, 0.25) is 0 Å². The summed E-state index contributed by atoms with van der Waals surface area (Å²) >= 11 is 1.48. The monoisotopic (exact) mass is 383 g/mol. The lowest BCUT2D eigenvalue weighted by Crippen LogP contribution is -1.97. The fourth-order valence-corrected chi connectivity index (χ4v) is 3.61. The van der Waals surface area contributed by atoms with E-state index in [9.17, 15) is 8.78 Å². The Bertz CT molecular complexity index is 1110. The first-order valence-electron chi connectivity index (χ1n) is 8.24. The molecule has 3 aromatic carbocycles. The summed E-state index contributed by atoms with van der Waals surface area (Å²) in [4.78, 5) is 4.57. The maximum Gasteiger partial charge on any atom is 0.167 e. The summed E-state index contributed by atoms with van der Waals surface area (Å²) in [6, 6.07) is 17.1. The van der Waals surface area contributed by atoms with Gasteiger partial charge in [-0.3, -0.25) is 0 Å². The molecule has 0 amide bonds. The first-order valence-corrected chi connectivity index (χ1v) is 9.06. The molecule has 0 aliphatic heterocycles. The average molecular weight is 383 g/mol. The van der Waals surface area contributed by atoms with E-state index in [0.29, 0.717) is 0 Å². The lowest BCUT2D eigenvalue weighted by molar-refractivity contribution is 0.289. The smallest absolute Gasteiger partial charge is 0.167 e. The van der Waals surface area contributed by atoms with Crippen molar-refractivity contribution in [2.24, 2.45) is 0 Å². The molecule has 0 aliphatic rings. The molecule has 0 aliphatic carbocycles. The second-order valence-electron chi connectivity index (χ2n) is 5.89. The van der Waals surface area contributed by atoms with Gasteiger partial charge in [-0.15, -0.1) is 11.3 Å². The van der Waals surface area contributed by atoms with E-state index in [1.165, 1.54) is 17.4 Å². The number of thiazole rings is 1. The van der Waals surface area contributed by atoms with Crippen molar-refractivity contribution in [1.29, 1.82) is 0 Å². The molecule has 6 heteroatoms. The third kappa shape index (κ3) is 3.75. The number of rotatable bonds is 5. The van der Waals surface area contributed by atoms with Crippen LogP contribution in [0.4, 0.5) is 8.78 Å². The van der Waals surface area contributed by atoms with E-state index in [1.54, 1.807) is 7.11 Å². The lowest BCUT2D eigenvalue weighted by Gasteiger charge is -2.04. The molecule has 0 radical (unpaired) electrons. The van der Waals surface area contributed by atoms with E-state index in [4.69, 9.17) is 9.47 Å². The number of ether oxygens (including phenoxy) is 2. The van der Waals surface area contributed by atoms with Crippen LogP contribution in [-0.4, -0.2) is 12.1 Å². The summed E-state index contributed by atoms with van der Waals surface area (Å²) in [5.74, 6) is -0.560. The van der Waals surface area contributed by atoms with Crippen molar-refractivity contribution in [3.63, 3.8) is 0 Å². The number of nitrogens with zero attached hydrogens (tertiary/aromatic N) is 1. The van der Waals surface area contributed by atoms with E-state index < -0.39 is 11.6 Å². The van der Waals surface area contributed by atoms with Crippen LogP contribution in [0.1, 0.15) is 5.01 Å². The van der Waals surface area contributed by atoms with Crippen LogP contribution in [0.3, 0.4) is 0 Å². The molecule has 0 bridgehead atoms. The molecular weight excluding hydrogens is 368 g/mol. The van der Waals surface area contributed by atoms with Gasteiger partial charge >= 0.3 is 0 Å². The van der Waals surface area contributed by atoms with Gasteiger partial charge in [0.25, 0.3) is 0 Å². The molecule has 0 saturated heterocycles. The van der Waals surface area contributed by atoms with Gasteiger partial charge < -0.3 is 9.47 Å². The van der Waals surface area contributed by atoms with E-state index in [-0.39, 0.29) is 12.4 Å². The van der Waals surface area contributed by atoms with Gasteiger partial charge in [-0.2, -0.15) is 0 Å². The molecule has 136 valence electrons. The maximum atomic E-state index is 13.7. The number of benzene rings is 3. The Morgan fingerprint density at radius 1 is 0.963 bits per heavy atom. The standard InChI is InChI=1S/C21H15F2NO2S/c1-25-16-4-2-3-13(9-16)14-5-8-20-18(10-14)24-21(27-20)12-26-19-7-6-15(22)11-17(19)23/h2-11H,12H2,1H3. The van der Waals surface area contributed by atoms with Crippen LogP contribution >= 0.6 is 11.3 Å². The molecule has 0 saturated carbocycles. The largest absolute Gasteiger partial charge is 0.497 e. The highest BCUT2D eigenvalue weighted by Crippen LogP contribution is 2.30. The predicted molar refractivity (Wildman–Crippen MR) is 102 cm³/mol. The number of fused-ring (bicyclic) bond motifs is 1. The van der Waals surface area contributed by atoms with Gasteiger partial charge in [0, 0.05) is 6.07 Å². The zero-order chi connectivity index (χ0) is 18.8. The number of hydrogen-bond donors (Lipinski definition) is 0. The quantitative estimate of drug-likeness (QED) is 0.435. The second-order valence-corrected chi connectivity index (χ2v) is 7.00. The summed E-state index contributed by atoms with van der Waals surface area (Å²) in [6.45, 7) is 0.121. The normalized spacial score (nSPS) is 10.9. The van der Waals surface area contributed by atoms with E-state index in [1.807, 2.05) is 42.5 Å². The number of aromatic nitrogens is 1. The average Bonchev–Trinajstić information content (AvgIpc) is 3.09. The Morgan fingerprint density at radius 3 is 2.63 bits per heavy atom. The zero-order valence-electron chi connectivity index (χ0n) is 14.4. The van der Waals surface area contributed by atoms with Crippen LogP contribution in [0.5, 0.6) is 11.5 Å². The fraction of sp³-hybridized carbons (Fsp3) is 0.0952. The maximum absolute atomic E-state index is 13.7. The van der Waals surface area contributed by atoms with Gasteiger partial charge in [-0.25, -0.2) is 13.8 Å². The van der Waals surface area contributed by atoms with Crippen molar-refractivity contribution in [3.8, 4) is 22.6 Å². The van der Waals surface area contributed by atoms with E-state index >= 15 is 0 Å². The number of hydrogen-bond acceptors (Lipinski definition) is 4. The summed E-state index contributed by atoms with van der Waals surface area (Å²) < 4.78 is 38.4. The van der Waals surface area contributed by atoms with Gasteiger partial charge in [0.15, 0.2) is 11.6 Å². The van der Waals surface area contributed by atoms with Crippen LogP contribution in [-0.2, 0) is 6.61 Å². The third-order valence-electron chi connectivity index (χ3n) is 4.08. The molecule has 3 nitrogen and oxygen atoms in total. The Morgan fingerprint density at radius 2 is 1.81 bits per heavy atom. The SMILES string of the molecule is COc1cccc(-c2ccc3sc(COc4ccc(F)cc4F)nc3c2)c1. The highest BCUT2D eigenvalue weighted by atomic mass is 32.1. The molecule has 27 heavy (non-hydrogen) atoms. The zero-order valence-corrected chi connectivity index (χ0v) is 15.2. The second kappa shape index (κ2) is 7.32. The summed E-state index contributed by atoms with van der Waals surface area (Å²) in [5, 5.41) is 0.719. The van der Waals surface area contributed by atoms with Crippen LogP contribution < -0.4 is 9.47 Å². The number of halogens is 2. The van der Waals surface area contributed by atoms with Crippen molar-refractivity contribution >= 4 is 21.6 Å². The van der Waals surface area contributed by atoms with E-state index in [2.05, 4.69) is 4.98 Å². The molecule has 0 spiro atoms. The number of methoxy groups -OCH3 is 1. The minimum Gasteiger partial charge on any atom is -0.497 e. The Hall–Kier alpha value is -2.99. The summed E-state index contributed by atoms with van der Waals surface area (Å²) in [5.41, 5.74) is 2.91. The molecule has 0 unspecified atom stereocenters. The Labute approximate surface area is 158 Å². The molecule has 4 rings (SSSR count). The highest BCUT2D eigenvalue weighted by Gasteiger charge is 2.09. The van der Waals surface area contributed by atoms with Gasteiger partial charge in [0.1, 0.15) is 23.2 Å². The molecule has 0 fully saturated rings. The molecule has 0 N–H and O–H groups in total. The van der Waals surface area contributed by atoms with Crippen molar-refractivity contribution in [3.05, 3.63) is 77.3 Å². The van der Waals surface area contributed by atoms with Crippen LogP contribution in [0, 0.1) is 11.6 Å². The first-order chi connectivity index (χ1) is 13.1. The highest BCUT2D eigenvalue weighted by molar-refractivity contribution is 7.18. The van der Waals surface area contributed by atoms with Gasteiger partial charge in [0.05, 0.1) is 17.3 Å². The topological polar surface area (TPSA) is 31.4 Å².